The van der Waals surface area contributed by atoms with Crippen molar-refractivity contribution in [2.45, 2.75) is 52.7 Å². The van der Waals surface area contributed by atoms with Gasteiger partial charge in [0.05, 0.1) is 18.8 Å². The zero-order valence-electron chi connectivity index (χ0n) is 12.2. The van der Waals surface area contributed by atoms with Gasteiger partial charge in [0.25, 0.3) is 0 Å². The highest BCUT2D eigenvalue weighted by Gasteiger charge is 2.12. The summed E-state index contributed by atoms with van der Waals surface area (Å²) in [6.45, 7) is 10.3. The summed E-state index contributed by atoms with van der Waals surface area (Å²) in [4.78, 5) is 0. The second-order valence-corrected chi connectivity index (χ2v) is 4.96. The van der Waals surface area contributed by atoms with Gasteiger partial charge in [0, 0.05) is 0 Å². The molecule has 0 radical (unpaired) electrons. The quantitative estimate of drug-likeness (QED) is 0.755. The Morgan fingerprint density at radius 1 is 1.28 bits per heavy atom. The van der Waals surface area contributed by atoms with Crippen molar-refractivity contribution in [1.29, 1.82) is 0 Å². The van der Waals surface area contributed by atoms with E-state index in [9.17, 15) is 0 Å². The average molecular weight is 249 g/mol. The molecule has 1 N–H and O–H groups in total. The highest BCUT2D eigenvalue weighted by atomic mass is 16.5. The molecule has 0 saturated carbocycles. The minimum atomic E-state index is 0.300. The molecule has 2 heteroatoms. The van der Waals surface area contributed by atoms with Gasteiger partial charge in [-0.15, -0.1) is 0 Å². The van der Waals surface area contributed by atoms with E-state index in [1.54, 1.807) is 0 Å². The molecule has 1 aromatic carbocycles. The summed E-state index contributed by atoms with van der Waals surface area (Å²) in [5.41, 5.74) is 2.62. The predicted molar refractivity (Wildman–Crippen MR) is 77.9 cm³/mol. The van der Waals surface area contributed by atoms with Crippen molar-refractivity contribution in [2.75, 3.05) is 13.2 Å². The van der Waals surface area contributed by atoms with Crippen molar-refractivity contribution in [2.24, 2.45) is 0 Å². The van der Waals surface area contributed by atoms with E-state index < -0.39 is 0 Å². The Hall–Kier alpha value is -0.860. The van der Waals surface area contributed by atoms with Crippen LogP contribution in [-0.2, 0) is 4.74 Å². The van der Waals surface area contributed by atoms with Crippen LogP contribution in [0.15, 0.2) is 24.3 Å². The molecule has 0 aromatic heterocycles. The molecule has 0 saturated heterocycles. The Kier molecular flexibility index (Phi) is 6.99. The number of hydrogen-bond donors (Lipinski definition) is 1. The van der Waals surface area contributed by atoms with Gasteiger partial charge in [-0.3, -0.25) is 0 Å². The predicted octanol–water partition coefficient (Wildman–Crippen LogP) is 3.85. The van der Waals surface area contributed by atoms with Gasteiger partial charge in [0.15, 0.2) is 0 Å². The molecule has 0 fully saturated rings. The Morgan fingerprint density at radius 2 is 2.06 bits per heavy atom. The minimum Gasteiger partial charge on any atom is -0.377 e. The topological polar surface area (TPSA) is 21.3 Å². The standard InChI is InChI=1S/C16H27NO/c1-5-8-14(4)18-12-16(17-6-2)15-10-7-9-13(3)11-15/h7,9-11,14,16-17H,5-6,8,12H2,1-4H3. The smallest absolute Gasteiger partial charge is 0.0665 e. The molecular formula is C16H27NO. The molecule has 0 aliphatic rings. The summed E-state index contributed by atoms with van der Waals surface area (Å²) in [6, 6.07) is 8.96. The van der Waals surface area contributed by atoms with Crippen LogP contribution < -0.4 is 5.32 Å². The Bertz CT molecular complexity index is 338. The number of ether oxygens (including phenoxy) is 1. The number of benzene rings is 1. The molecule has 2 atom stereocenters. The van der Waals surface area contributed by atoms with Crippen LogP contribution in [0.2, 0.25) is 0 Å². The molecule has 102 valence electrons. The highest BCUT2D eigenvalue weighted by molar-refractivity contribution is 5.25. The number of likely N-dealkylation sites (N-methyl/N-ethyl adjacent to an activating group) is 1. The summed E-state index contributed by atoms with van der Waals surface area (Å²) in [6.07, 6.45) is 2.66. The molecule has 0 spiro atoms. The summed E-state index contributed by atoms with van der Waals surface area (Å²) in [7, 11) is 0. The second-order valence-electron chi connectivity index (χ2n) is 4.96. The first kappa shape index (κ1) is 15.2. The lowest BCUT2D eigenvalue weighted by Gasteiger charge is -2.21. The van der Waals surface area contributed by atoms with Crippen LogP contribution in [0.1, 0.15) is 50.8 Å². The Morgan fingerprint density at radius 3 is 2.67 bits per heavy atom. The zero-order valence-corrected chi connectivity index (χ0v) is 12.2. The maximum atomic E-state index is 5.93. The van der Waals surface area contributed by atoms with E-state index in [4.69, 9.17) is 4.74 Å². The van der Waals surface area contributed by atoms with Gasteiger partial charge in [-0.05, 0) is 32.4 Å². The van der Waals surface area contributed by atoms with Gasteiger partial charge in [-0.25, -0.2) is 0 Å². The summed E-state index contributed by atoms with van der Waals surface area (Å²) < 4.78 is 5.93. The highest BCUT2D eigenvalue weighted by Crippen LogP contribution is 2.16. The summed E-state index contributed by atoms with van der Waals surface area (Å²) in [5, 5.41) is 3.50. The van der Waals surface area contributed by atoms with E-state index in [-0.39, 0.29) is 0 Å². The maximum absolute atomic E-state index is 5.93. The fourth-order valence-electron chi connectivity index (χ4n) is 2.16. The third kappa shape index (κ3) is 5.19. The maximum Gasteiger partial charge on any atom is 0.0665 e. The number of hydrogen-bond acceptors (Lipinski definition) is 2. The van der Waals surface area contributed by atoms with Crippen molar-refractivity contribution >= 4 is 0 Å². The number of aryl methyl sites for hydroxylation is 1. The first-order chi connectivity index (χ1) is 8.67. The number of rotatable bonds is 8. The fraction of sp³-hybridized carbons (Fsp3) is 0.625. The van der Waals surface area contributed by atoms with E-state index in [1.165, 1.54) is 17.5 Å². The molecule has 0 bridgehead atoms. The molecule has 0 heterocycles. The molecule has 18 heavy (non-hydrogen) atoms. The Balaban J connectivity index is 2.59. The average Bonchev–Trinajstić information content (AvgIpc) is 2.35. The zero-order chi connectivity index (χ0) is 13.4. The number of nitrogens with one attached hydrogen (secondary N) is 1. The van der Waals surface area contributed by atoms with Crippen LogP contribution in [-0.4, -0.2) is 19.3 Å². The van der Waals surface area contributed by atoms with Crippen LogP contribution in [0, 0.1) is 6.92 Å². The summed E-state index contributed by atoms with van der Waals surface area (Å²) in [5.74, 6) is 0. The lowest BCUT2D eigenvalue weighted by atomic mass is 10.0. The molecule has 0 aliphatic carbocycles. The van der Waals surface area contributed by atoms with Crippen molar-refractivity contribution in [3.05, 3.63) is 35.4 Å². The van der Waals surface area contributed by atoms with Crippen LogP contribution in [0.25, 0.3) is 0 Å². The van der Waals surface area contributed by atoms with Crippen molar-refractivity contribution in [1.82, 2.24) is 5.32 Å². The molecule has 0 amide bonds. The first-order valence-electron chi connectivity index (χ1n) is 7.08. The SMILES string of the molecule is CCCC(C)OCC(NCC)c1cccc(C)c1. The molecule has 2 nitrogen and oxygen atoms in total. The first-order valence-corrected chi connectivity index (χ1v) is 7.08. The van der Waals surface area contributed by atoms with Crippen LogP contribution in [0.3, 0.4) is 0 Å². The van der Waals surface area contributed by atoms with Crippen molar-refractivity contribution in [3.63, 3.8) is 0 Å². The van der Waals surface area contributed by atoms with Gasteiger partial charge in [0.2, 0.25) is 0 Å². The van der Waals surface area contributed by atoms with E-state index in [1.807, 2.05) is 0 Å². The normalized spacial score (nSPS) is 14.4. The summed E-state index contributed by atoms with van der Waals surface area (Å²) >= 11 is 0. The van der Waals surface area contributed by atoms with E-state index in [0.717, 1.165) is 19.6 Å². The van der Waals surface area contributed by atoms with E-state index >= 15 is 0 Å². The molecule has 1 aromatic rings. The molecule has 1 rings (SSSR count). The van der Waals surface area contributed by atoms with Gasteiger partial charge in [-0.1, -0.05) is 50.1 Å². The minimum absolute atomic E-state index is 0.300. The van der Waals surface area contributed by atoms with Crippen LogP contribution in [0.5, 0.6) is 0 Å². The van der Waals surface area contributed by atoms with Gasteiger partial charge in [0.1, 0.15) is 0 Å². The molecular weight excluding hydrogens is 222 g/mol. The van der Waals surface area contributed by atoms with E-state index in [2.05, 4.69) is 57.3 Å². The third-order valence-corrected chi connectivity index (χ3v) is 3.14. The van der Waals surface area contributed by atoms with Crippen LogP contribution in [0.4, 0.5) is 0 Å². The second kappa shape index (κ2) is 8.28. The Labute approximate surface area is 112 Å². The third-order valence-electron chi connectivity index (χ3n) is 3.14. The van der Waals surface area contributed by atoms with E-state index in [0.29, 0.717) is 12.1 Å². The fourth-order valence-corrected chi connectivity index (χ4v) is 2.16. The van der Waals surface area contributed by atoms with Gasteiger partial charge < -0.3 is 10.1 Å². The molecule has 0 aliphatic heterocycles. The van der Waals surface area contributed by atoms with Gasteiger partial charge >= 0.3 is 0 Å². The van der Waals surface area contributed by atoms with Gasteiger partial charge in [-0.2, -0.15) is 0 Å². The largest absolute Gasteiger partial charge is 0.377 e. The monoisotopic (exact) mass is 249 g/mol. The van der Waals surface area contributed by atoms with Crippen LogP contribution >= 0.6 is 0 Å². The lowest BCUT2D eigenvalue weighted by molar-refractivity contribution is 0.0442. The van der Waals surface area contributed by atoms with Crippen molar-refractivity contribution in [3.8, 4) is 0 Å². The molecule has 2 unspecified atom stereocenters. The lowest BCUT2D eigenvalue weighted by Crippen LogP contribution is -2.27. The van der Waals surface area contributed by atoms with Crippen molar-refractivity contribution < 1.29 is 4.74 Å².